The molecular weight excluding hydrogens is 519 g/mol. The molecule has 8 nitrogen and oxygen atoms in total. The number of halogens is 2. The number of rotatable bonds is 8. The average molecular weight is 545 g/mol. The van der Waals surface area contributed by atoms with E-state index in [0.29, 0.717) is 17.6 Å². The molecule has 0 saturated carbocycles. The molecule has 0 aliphatic carbocycles. The smallest absolute Gasteiger partial charge is 0.492 e. The van der Waals surface area contributed by atoms with Gasteiger partial charge in [0.2, 0.25) is 0 Å². The van der Waals surface area contributed by atoms with Gasteiger partial charge in [-0.25, -0.2) is 14.2 Å². The van der Waals surface area contributed by atoms with Gasteiger partial charge < -0.3 is 14.2 Å². The molecule has 0 radical (unpaired) electrons. The lowest BCUT2D eigenvalue weighted by atomic mass is 10.0. The van der Waals surface area contributed by atoms with Crippen LogP contribution in [-0.4, -0.2) is 49.1 Å². The third-order valence-electron chi connectivity index (χ3n) is 5.74. The number of carbonyl (C=O) groups is 3. The Hall–Kier alpha value is -3.50. The van der Waals surface area contributed by atoms with Crippen molar-refractivity contribution >= 4 is 48.5 Å². The highest BCUT2D eigenvalue weighted by atomic mass is 35.5. The first-order chi connectivity index (χ1) is 17.5. The van der Waals surface area contributed by atoms with Gasteiger partial charge in [0.25, 0.3) is 11.8 Å². The second-order valence-corrected chi connectivity index (χ2v) is 15.7. The van der Waals surface area contributed by atoms with Crippen LogP contribution in [0.25, 0.3) is 10.9 Å². The number of amides is 2. The summed E-state index contributed by atoms with van der Waals surface area (Å²) in [5.41, 5.74) is 0.437. The van der Waals surface area contributed by atoms with Crippen LogP contribution >= 0.6 is 11.6 Å². The molecule has 4 rings (SSSR count). The fraction of sp³-hybridized carbons (Fsp3) is 0.308. The second kappa shape index (κ2) is 10.5. The molecule has 0 atom stereocenters. The minimum absolute atomic E-state index is 0.0291. The fourth-order valence-corrected chi connectivity index (χ4v) is 4.76. The van der Waals surface area contributed by atoms with Crippen LogP contribution in [0.1, 0.15) is 33.2 Å². The average Bonchev–Trinajstić information content (AvgIpc) is 3.06. The summed E-state index contributed by atoms with van der Waals surface area (Å²) in [5.74, 6) is -1.84. The maximum Gasteiger partial charge on any atom is 0.513 e. The summed E-state index contributed by atoms with van der Waals surface area (Å²) in [6, 6.07) is 9.38. The Kier molecular flexibility index (Phi) is 7.51. The number of fused-ring (bicyclic) bond motifs is 2. The standard InChI is InChI=1S/C26H26ClFN2O6Si/c1-5-34-26(33)36-23-20-19(24(31)30(25(20)32)14-15-6-8-16(28)9-7-15)22(35-12-13-37(2,3)4)17-10-11-18(27)29-21(17)23/h6-11H,5,12-14H2,1-4H3. The zero-order valence-corrected chi connectivity index (χ0v) is 22.6. The Balaban J connectivity index is 1.89. The number of carbonyl (C=O) groups excluding carboxylic acids is 3. The van der Waals surface area contributed by atoms with Crippen LogP contribution in [0, 0.1) is 5.82 Å². The van der Waals surface area contributed by atoms with Gasteiger partial charge in [-0.2, -0.15) is 0 Å². The predicted molar refractivity (Wildman–Crippen MR) is 139 cm³/mol. The van der Waals surface area contributed by atoms with Gasteiger partial charge in [-0.05, 0) is 42.8 Å². The summed E-state index contributed by atoms with van der Waals surface area (Å²) in [4.78, 5) is 44.9. The molecule has 3 aromatic rings. The van der Waals surface area contributed by atoms with E-state index < -0.39 is 31.9 Å². The third kappa shape index (κ3) is 5.60. The van der Waals surface area contributed by atoms with Gasteiger partial charge in [0.05, 0.1) is 25.3 Å². The Bertz CT molecular complexity index is 1390. The van der Waals surface area contributed by atoms with Gasteiger partial charge in [0.15, 0.2) is 5.75 Å². The first kappa shape index (κ1) is 26.6. The van der Waals surface area contributed by atoms with E-state index in [-0.39, 0.29) is 46.4 Å². The number of imide groups is 1. The molecule has 0 unspecified atom stereocenters. The van der Waals surface area contributed by atoms with Crippen LogP contribution in [0.3, 0.4) is 0 Å². The monoisotopic (exact) mass is 544 g/mol. The number of ether oxygens (including phenoxy) is 3. The van der Waals surface area contributed by atoms with Crippen molar-refractivity contribution in [1.82, 2.24) is 9.88 Å². The Morgan fingerprint density at radius 2 is 1.68 bits per heavy atom. The number of nitrogens with zero attached hydrogens (tertiary/aromatic N) is 2. The minimum Gasteiger partial charge on any atom is -0.492 e. The normalized spacial score (nSPS) is 13.2. The van der Waals surface area contributed by atoms with Gasteiger partial charge >= 0.3 is 6.16 Å². The van der Waals surface area contributed by atoms with E-state index in [0.717, 1.165) is 10.9 Å². The van der Waals surface area contributed by atoms with Gasteiger partial charge in [0, 0.05) is 13.5 Å². The fourth-order valence-electron chi connectivity index (χ4n) is 3.90. The van der Waals surface area contributed by atoms with Crippen molar-refractivity contribution in [2.75, 3.05) is 13.2 Å². The highest BCUT2D eigenvalue weighted by Crippen LogP contribution is 2.45. The second-order valence-electron chi connectivity index (χ2n) is 9.71. The van der Waals surface area contributed by atoms with Crippen LogP contribution in [0.4, 0.5) is 9.18 Å². The molecule has 1 aliphatic heterocycles. The van der Waals surface area contributed by atoms with E-state index in [1.54, 1.807) is 13.0 Å². The lowest BCUT2D eigenvalue weighted by Crippen LogP contribution is -2.29. The molecule has 2 heterocycles. The van der Waals surface area contributed by atoms with Crippen molar-refractivity contribution in [1.29, 1.82) is 0 Å². The Labute approximate surface area is 219 Å². The van der Waals surface area contributed by atoms with Crippen molar-refractivity contribution in [2.24, 2.45) is 0 Å². The summed E-state index contributed by atoms with van der Waals surface area (Å²) < 4.78 is 29.9. The van der Waals surface area contributed by atoms with Crippen molar-refractivity contribution in [2.45, 2.75) is 39.2 Å². The van der Waals surface area contributed by atoms with E-state index in [9.17, 15) is 18.8 Å². The maximum atomic E-state index is 13.7. The van der Waals surface area contributed by atoms with Gasteiger partial charge in [-0.15, -0.1) is 0 Å². The SMILES string of the molecule is CCOC(=O)Oc1c2c(c(OCC[Si](C)(C)C)c3ccc(Cl)nc13)C(=O)N(Cc1ccc(F)cc1)C2=O. The highest BCUT2D eigenvalue weighted by Gasteiger charge is 2.43. The molecule has 37 heavy (non-hydrogen) atoms. The van der Waals surface area contributed by atoms with Crippen molar-refractivity contribution < 1.29 is 33.0 Å². The summed E-state index contributed by atoms with van der Waals surface area (Å²) in [6.45, 7) is 8.41. The van der Waals surface area contributed by atoms with Crippen LogP contribution in [0.15, 0.2) is 36.4 Å². The molecule has 194 valence electrons. The van der Waals surface area contributed by atoms with E-state index in [1.165, 1.54) is 30.3 Å². The molecule has 0 saturated heterocycles. The molecule has 2 aromatic carbocycles. The first-order valence-corrected chi connectivity index (χ1v) is 15.8. The highest BCUT2D eigenvalue weighted by molar-refractivity contribution is 6.76. The third-order valence-corrected chi connectivity index (χ3v) is 7.66. The maximum absolute atomic E-state index is 13.7. The minimum atomic E-state index is -1.50. The summed E-state index contributed by atoms with van der Waals surface area (Å²) in [5, 5.41) is 0.456. The molecule has 11 heteroatoms. The Morgan fingerprint density at radius 3 is 2.30 bits per heavy atom. The number of benzene rings is 2. The van der Waals surface area contributed by atoms with Crippen molar-refractivity contribution in [3.8, 4) is 11.5 Å². The van der Waals surface area contributed by atoms with Crippen molar-refractivity contribution in [3.63, 3.8) is 0 Å². The molecule has 0 N–H and O–H groups in total. The number of aromatic nitrogens is 1. The predicted octanol–water partition coefficient (Wildman–Crippen LogP) is 6.08. The summed E-state index contributed by atoms with van der Waals surface area (Å²) in [7, 11) is -1.50. The largest absolute Gasteiger partial charge is 0.513 e. The molecule has 0 bridgehead atoms. The zero-order valence-electron chi connectivity index (χ0n) is 20.9. The lowest BCUT2D eigenvalue weighted by Gasteiger charge is -2.19. The van der Waals surface area contributed by atoms with Gasteiger partial charge in [-0.3, -0.25) is 14.5 Å². The van der Waals surface area contributed by atoms with Gasteiger partial charge in [0.1, 0.15) is 27.8 Å². The number of hydrogen-bond donors (Lipinski definition) is 0. The zero-order chi connectivity index (χ0) is 26.9. The van der Waals surface area contributed by atoms with Crippen LogP contribution in [0.2, 0.25) is 30.8 Å². The van der Waals surface area contributed by atoms with Crippen LogP contribution in [-0.2, 0) is 11.3 Å². The summed E-state index contributed by atoms with van der Waals surface area (Å²) >= 11 is 6.16. The van der Waals surface area contributed by atoms with Crippen molar-refractivity contribution in [3.05, 3.63) is 64.1 Å². The molecule has 1 aromatic heterocycles. The van der Waals surface area contributed by atoms with E-state index in [4.69, 9.17) is 25.8 Å². The quantitative estimate of drug-likeness (QED) is 0.111. The van der Waals surface area contributed by atoms with E-state index in [2.05, 4.69) is 24.6 Å². The molecule has 2 amide bonds. The van der Waals surface area contributed by atoms with E-state index >= 15 is 0 Å². The van der Waals surface area contributed by atoms with Crippen LogP contribution in [0.5, 0.6) is 11.5 Å². The lowest BCUT2D eigenvalue weighted by molar-refractivity contribution is 0.0640. The Morgan fingerprint density at radius 1 is 1.03 bits per heavy atom. The number of pyridine rings is 1. The first-order valence-electron chi connectivity index (χ1n) is 11.7. The summed E-state index contributed by atoms with van der Waals surface area (Å²) in [6.07, 6.45) is -1.06. The molecule has 0 spiro atoms. The molecule has 0 fully saturated rings. The van der Waals surface area contributed by atoms with E-state index in [1.807, 2.05) is 0 Å². The van der Waals surface area contributed by atoms with Crippen LogP contribution < -0.4 is 9.47 Å². The van der Waals surface area contributed by atoms with Gasteiger partial charge in [-0.1, -0.05) is 43.4 Å². The molecule has 1 aliphatic rings. The topological polar surface area (TPSA) is 95.0 Å². The number of hydrogen-bond acceptors (Lipinski definition) is 7. The molecular formula is C26H26ClFN2O6Si.